The SMILES string of the molecule is Cc1ccc(CN2CCN(c3ccccc3N)C2=O)cc1. The number of amides is 2. The number of nitrogen functional groups attached to an aromatic ring is 1. The predicted octanol–water partition coefficient (Wildman–Crippen LogP) is 3.02. The molecule has 108 valence electrons. The number of carbonyl (C=O) groups is 1. The van der Waals surface area contributed by atoms with Crippen LogP contribution in [0.5, 0.6) is 0 Å². The minimum atomic E-state index is 0.0217. The molecule has 1 aliphatic heterocycles. The molecule has 2 aromatic rings. The quantitative estimate of drug-likeness (QED) is 0.879. The van der Waals surface area contributed by atoms with E-state index in [2.05, 4.69) is 31.2 Å². The fourth-order valence-corrected chi connectivity index (χ4v) is 2.60. The monoisotopic (exact) mass is 281 g/mol. The van der Waals surface area contributed by atoms with Crippen molar-refractivity contribution in [1.82, 2.24) is 4.90 Å². The molecular weight excluding hydrogens is 262 g/mol. The van der Waals surface area contributed by atoms with Gasteiger partial charge in [0.1, 0.15) is 0 Å². The molecule has 0 aliphatic carbocycles. The van der Waals surface area contributed by atoms with Gasteiger partial charge in [-0.15, -0.1) is 0 Å². The molecule has 1 fully saturated rings. The molecule has 0 radical (unpaired) electrons. The first-order chi connectivity index (χ1) is 10.1. The van der Waals surface area contributed by atoms with Gasteiger partial charge in [0.25, 0.3) is 0 Å². The highest BCUT2D eigenvalue weighted by atomic mass is 16.2. The minimum Gasteiger partial charge on any atom is -0.397 e. The molecule has 2 amide bonds. The molecule has 3 rings (SSSR count). The largest absolute Gasteiger partial charge is 0.397 e. The molecule has 0 aromatic heterocycles. The number of nitrogens with two attached hydrogens (primary N) is 1. The van der Waals surface area contributed by atoms with Gasteiger partial charge in [0.05, 0.1) is 11.4 Å². The predicted molar refractivity (Wildman–Crippen MR) is 85.2 cm³/mol. The van der Waals surface area contributed by atoms with Crippen LogP contribution in [0.25, 0.3) is 0 Å². The Balaban J connectivity index is 1.75. The number of hydrogen-bond donors (Lipinski definition) is 1. The zero-order chi connectivity index (χ0) is 14.8. The Bertz CT molecular complexity index is 651. The van der Waals surface area contributed by atoms with E-state index in [1.165, 1.54) is 5.56 Å². The highest BCUT2D eigenvalue weighted by Gasteiger charge is 2.30. The van der Waals surface area contributed by atoms with Gasteiger partial charge < -0.3 is 10.6 Å². The van der Waals surface area contributed by atoms with Gasteiger partial charge in [-0.1, -0.05) is 42.0 Å². The summed E-state index contributed by atoms with van der Waals surface area (Å²) in [6, 6.07) is 15.8. The highest BCUT2D eigenvalue weighted by molar-refractivity contribution is 5.97. The van der Waals surface area contributed by atoms with E-state index in [4.69, 9.17) is 5.73 Å². The van der Waals surface area contributed by atoms with E-state index in [1.807, 2.05) is 29.2 Å². The van der Waals surface area contributed by atoms with Crippen LogP contribution in [0.1, 0.15) is 11.1 Å². The van der Waals surface area contributed by atoms with E-state index in [-0.39, 0.29) is 6.03 Å². The van der Waals surface area contributed by atoms with Crippen molar-refractivity contribution in [2.75, 3.05) is 23.7 Å². The Morgan fingerprint density at radius 1 is 1.05 bits per heavy atom. The summed E-state index contributed by atoms with van der Waals surface area (Å²) in [5, 5.41) is 0. The van der Waals surface area contributed by atoms with Gasteiger partial charge in [-0.05, 0) is 24.6 Å². The van der Waals surface area contributed by atoms with Crippen molar-refractivity contribution in [3.63, 3.8) is 0 Å². The Hall–Kier alpha value is -2.49. The van der Waals surface area contributed by atoms with Crippen molar-refractivity contribution >= 4 is 17.4 Å². The third-order valence-corrected chi connectivity index (χ3v) is 3.82. The van der Waals surface area contributed by atoms with Crippen LogP contribution in [-0.2, 0) is 6.54 Å². The number of benzene rings is 2. The zero-order valence-corrected chi connectivity index (χ0v) is 12.1. The van der Waals surface area contributed by atoms with E-state index >= 15 is 0 Å². The van der Waals surface area contributed by atoms with Crippen LogP contribution in [0.3, 0.4) is 0 Å². The number of nitrogens with zero attached hydrogens (tertiary/aromatic N) is 2. The average Bonchev–Trinajstić information content (AvgIpc) is 2.83. The number of anilines is 2. The van der Waals surface area contributed by atoms with Crippen molar-refractivity contribution in [2.24, 2.45) is 0 Å². The minimum absolute atomic E-state index is 0.0217. The molecule has 1 aliphatic rings. The topological polar surface area (TPSA) is 49.6 Å². The molecule has 2 N–H and O–H groups in total. The average molecular weight is 281 g/mol. The first-order valence-electron chi connectivity index (χ1n) is 7.11. The lowest BCUT2D eigenvalue weighted by Crippen LogP contribution is -2.31. The van der Waals surface area contributed by atoms with Crippen LogP contribution < -0.4 is 10.6 Å². The lowest BCUT2D eigenvalue weighted by molar-refractivity contribution is 0.219. The van der Waals surface area contributed by atoms with Crippen LogP contribution in [-0.4, -0.2) is 24.0 Å². The van der Waals surface area contributed by atoms with Gasteiger partial charge in [0.2, 0.25) is 0 Å². The molecule has 21 heavy (non-hydrogen) atoms. The van der Waals surface area contributed by atoms with Crippen molar-refractivity contribution in [3.8, 4) is 0 Å². The van der Waals surface area contributed by atoms with Crippen LogP contribution >= 0.6 is 0 Å². The zero-order valence-electron chi connectivity index (χ0n) is 12.1. The summed E-state index contributed by atoms with van der Waals surface area (Å²) in [5.41, 5.74) is 9.78. The maximum absolute atomic E-state index is 12.5. The number of carbonyl (C=O) groups excluding carboxylic acids is 1. The molecule has 0 unspecified atom stereocenters. The molecule has 0 bridgehead atoms. The lowest BCUT2D eigenvalue weighted by atomic mass is 10.1. The summed E-state index contributed by atoms with van der Waals surface area (Å²) >= 11 is 0. The van der Waals surface area contributed by atoms with Crippen molar-refractivity contribution in [1.29, 1.82) is 0 Å². The van der Waals surface area contributed by atoms with Crippen molar-refractivity contribution in [2.45, 2.75) is 13.5 Å². The lowest BCUT2D eigenvalue weighted by Gasteiger charge is -2.20. The molecule has 1 heterocycles. The first kappa shape index (κ1) is 13.5. The molecule has 4 nitrogen and oxygen atoms in total. The molecule has 0 atom stereocenters. The van der Waals surface area contributed by atoms with Gasteiger partial charge in [0, 0.05) is 19.6 Å². The molecule has 0 spiro atoms. The fourth-order valence-electron chi connectivity index (χ4n) is 2.60. The number of rotatable bonds is 3. The van der Waals surface area contributed by atoms with Crippen LogP contribution in [0.15, 0.2) is 48.5 Å². The van der Waals surface area contributed by atoms with Gasteiger partial charge >= 0.3 is 6.03 Å². The second kappa shape index (κ2) is 5.48. The summed E-state index contributed by atoms with van der Waals surface area (Å²) in [7, 11) is 0. The van der Waals surface area contributed by atoms with E-state index in [1.54, 1.807) is 4.90 Å². The van der Waals surface area contributed by atoms with Crippen LogP contribution in [0.4, 0.5) is 16.2 Å². The van der Waals surface area contributed by atoms with E-state index < -0.39 is 0 Å². The fraction of sp³-hybridized carbons (Fsp3) is 0.235. The normalized spacial score (nSPS) is 14.8. The molecular formula is C17H19N3O. The maximum atomic E-state index is 12.5. The molecule has 1 saturated heterocycles. The summed E-state index contributed by atoms with van der Waals surface area (Å²) in [5.74, 6) is 0. The van der Waals surface area contributed by atoms with Crippen LogP contribution in [0.2, 0.25) is 0 Å². The van der Waals surface area contributed by atoms with Gasteiger partial charge in [-0.2, -0.15) is 0 Å². The van der Waals surface area contributed by atoms with Gasteiger partial charge in [-0.25, -0.2) is 4.79 Å². The van der Waals surface area contributed by atoms with Gasteiger partial charge in [-0.3, -0.25) is 4.90 Å². The Morgan fingerprint density at radius 2 is 1.76 bits per heavy atom. The third kappa shape index (κ3) is 2.70. The maximum Gasteiger partial charge on any atom is 0.324 e. The van der Waals surface area contributed by atoms with Crippen molar-refractivity contribution in [3.05, 3.63) is 59.7 Å². The van der Waals surface area contributed by atoms with E-state index in [0.717, 1.165) is 17.8 Å². The van der Waals surface area contributed by atoms with E-state index in [0.29, 0.717) is 18.8 Å². The second-order valence-corrected chi connectivity index (χ2v) is 5.40. The number of aryl methyl sites for hydroxylation is 1. The van der Waals surface area contributed by atoms with E-state index in [9.17, 15) is 4.79 Å². The first-order valence-corrected chi connectivity index (χ1v) is 7.11. The molecule has 2 aromatic carbocycles. The van der Waals surface area contributed by atoms with Crippen molar-refractivity contribution < 1.29 is 4.79 Å². The number of hydrogen-bond acceptors (Lipinski definition) is 2. The molecule has 0 saturated carbocycles. The summed E-state index contributed by atoms with van der Waals surface area (Å²) < 4.78 is 0. The second-order valence-electron chi connectivity index (χ2n) is 5.40. The highest BCUT2D eigenvalue weighted by Crippen LogP contribution is 2.26. The molecule has 4 heteroatoms. The number of urea groups is 1. The summed E-state index contributed by atoms with van der Waals surface area (Å²) in [6.45, 7) is 4.10. The smallest absolute Gasteiger partial charge is 0.324 e. The van der Waals surface area contributed by atoms with Gasteiger partial charge in [0.15, 0.2) is 0 Å². The number of para-hydroxylation sites is 2. The Labute approximate surface area is 124 Å². The Morgan fingerprint density at radius 3 is 2.48 bits per heavy atom. The standard InChI is InChI=1S/C17H19N3O/c1-13-6-8-14(9-7-13)12-19-10-11-20(17(19)21)16-5-3-2-4-15(16)18/h2-9H,10-12,18H2,1H3. The summed E-state index contributed by atoms with van der Waals surface area (Å²) in [6.07, 6.45) is 0. The third-order valence-electron chi connectivity index (χ3n) is 3.82. The van der Waals surface area contributed by atoms with Crippen LogP contribution in [0, 0.1) is 6.92 Å². The summed E-state index contributed by atoms with van der Waals surface area (Å²) in [4.78, 5) is 16.1. The Kier molecular flexibility index (Phi) is 3.52.